The van der Waals surface area contributed by atoms with Gasteiger partial charge in [0.2, 0.25) is 5.91 Å². The van der Waals surface area contributed by atoms with Gasteiger partial charge in [0.1, 0.15) is 0 Å². The van der Waals surface area contributed by atoms with Gasteiger partial charge >= 0.3 is 0 Å². The molecule has 6 heteroatoms. The van der Waals surface area contributed by atoms with Gasteiger partial charge in [-0.25, -0.2) is 0 Å². The Kier molecular flexibility index (Phi) is 3.87. The van der Waals surface area contributed by atoms with Gasteiger partial charge in [-0.3, -0.25) is 19.8 Å². The molecule has 0 radical (unpaired) electrons. The number of carbonyl (C=O) groups excluding carboxylic acids is 1. The van der Waals surface area contributed by atoms with E-state index in [1.165, 1.54) is 31.7 Å². The van der Waals surface area contributed by atoms with Gasteiger partial charge in [0.15, 0.2) is 0 Å². The predicted octanol–water partition coefficient (Wildman–Crippen LogP) is 2.46. The van der Waals surface area contributed by atoms with Crippen molar-refractivity contribution >= 4 is 11.6 Å². The van der Waals surface area contributed by atoms with Crippen LogP contribution in [-0.4, -0.2) is 27.8 Å². The van der Waals surface area contributed by atoms with Crippen molar-refractivity contribution in [2.45, 2.75) is 51.2 Å². The number of nitrogens with two attached hydrogens (primary N) is 1. The summed E-state index contributed by atoms with van der Waals surface area (Å²) in [4.78, 5) is 24.5. The summed E-state index contributed by atoms with van der Waals surface area (Å²) in [6.45, 7) is 2.79. The van der Waals surface area contributed by atoms with E-state index in [0.29, 0.717) is 24.2 Å². The summed E-state index contributed by atoms with van der Waals surface area (Å²) in [5.41, 5.74) is 6.05. The van der Waals surface area contributed by atoms with Gasteiger partial charge in [-0.1, -0.05) is 6.07 Å². The van der Waals surface area contributed by atoms with Crippen LogP contribution in [0.1, 0.15) is 48.5 Å². The summed E-state index contributed by atoms with van der Waals surface area (Å²) in [5, 5.41) is 11.3. The molecule has 118 valence electrons. The minimum Gasteiger partial charge on any atom is -0.366 e. The van der Waals surface area contributed by atoms with E-state index in [-0.39, 0.29) is 11.3 Å². The highest BCUT2D eigenvalue weighted by atomic mass is 16.6. The zero-order chi connectivity index (χ0) is 15.9. The predicted molar refractivity (Wildman–Crippen MR) is 82.4 cm³/mol. The molecular weight excluding hydrogens is 282 g/mol. The number of amides is 1. The second-order valence-corrected chi connectivity index (χ2v) is 6.45. The van der Waals surface area contributed by atoms with Crippen LogP contribution in [0.2, 0.25) is 0 Å². The Morgan fingerprint density at radius 3 is 2.59 bits per heavy atom. The van der Waals surface area contributed by atoms with Crippen LogP contribution in [0, 0.1) is 16.0 Å². The minimum atomic E-state index is -0.639. The van der Waals surface area contributed by atoms with Gasteiger partial charge < -0.3 is 5.73 Å². The Morgan fingerprint density at radius 1 is 1.41 bits per heavy atom. The first-order valence-electron chi connectivity index (χ1n) is 7.80. The molecule has 3 rings (SSSR count). The summed E-state index contributed by atoms with van der Waals surface area (Å²) in [6, 6.07) is 5.56. The fourth-order valence-corrected chi connectivity index (χ4v) is 3.08. The number of benzene rings is 1. The van der Waals surface area contributed by atoms with Gasteiger partial charge in [-0.05, 0) is 44.6 Å². The fourth-order valence-electron chi connectivity index (χ4n) is 3.08. The molecule has 1 aromatic carbocycles. The third kappa shape index (κ3) is 3.11. The van der Waals surface area contributed by atoms with Gasteiger partial charge in [0.25, 0.3) is 5.69 Å². The average Bonchev–Trinajstić information content (AvgIpc) is 3.36. The van der Waals surface area contributed by atoms with Crippen molar-refractivity contribution < 1.29 is 9.72 Å². The van der Waals surface area contributed by atoms with Gasteiger partial charge in [-0.2, -0.15) is 0 Å². The maximum Gasteiger partial charge on any atom is 0.274 e. The molecule has 1 amide bonds. The number of rotatable bonds is 7. The Balaban J connectivity index is 1.86. The Morgan fingerprint density at radius 2 is 2.09 bits per heavy atom. The number of carbonyl (C=O) groups is 1. The monoisotopic (exact) mass is 303 g/mol. The highest BCUT2D eigenvalue weighted by molar-refractivity contribution is 5.93. The minimum absolute atomic E-state index is 0.00931. The van der Waals surface area contributed by atoms with Crippen molar-refractivity contribution in [3.63, 3.8) is 0 Å². The molecule has 2 N–H and O–H groups in total. The highest BCUT2D eigenvalue weighted by Crippen LogP contribution is 2.41. The smallest absolute Gasteiger partial charge is 0.274 e. The number of nitrogens with zero attached hydrogens (tertiary/aromatic N) is 2. The van der Waals surface area contributed by atoms with E-state index in [2.05, 4.69) is 11.8 Å². The summed E-state index contributed by atoms with van der Waals surface area (Å²) in [7, 11) is 0. The second kappa shape index (κ2) is 5.68. The molecule has 0 bridgehead atoms. The molecule has 2 aliphatic carbocycles. The lowest BCUT2D eigenvalue weighted by atomic mass is 10.1. The molecule has 2 aliphatic rings. The summed E-state index contributed by atoms with van der Waals surface area (Å²) >= 11 is 0. The summed E-state index contributed by atoms with van der Waals surface area (Å²) in [6.07, 6.45) is 4.86. The fraction of sp³-hybridized carbons (Fsp3) is 0.562. The van der Waals surface area contributed by atoms with Crippen molar-refractivity contribution in [2.24, 2.45) is 11.7 Å². The van der Waals surface area contributed by atoms with E-state index >= 15 is 0 Å². The van der Waals surface area contributed by atoms with Crippen molar-refractivity contribution in [1.29, 1.82) is 0 Å². The van der Waals surface area contributed by atoms with E-state index in [1.54, 1.807) is 12.1 Å². The molecule has 1 atom stereocenters. The molecular formula is C16H21N3O3. The second-order valence-electron chi connectivity index (χ2n) is 6.45. The standard InChI is InChI=1S/C16H21N3O3/c1-10(11-2-3-11)18(14-6-7-14)9-13-5-4-12(16(17)20)8-15(13)19(21)22/h4-5,8,10-11,14H,2-3,6-7,9H2,1H3,(H2,17,20). The molecule has 2 saturated carbocycles. The number of primary amides is 1. The Bertz CT molecular complexity index is 609. The van der Waals surface area contributed by atoms with Crippen molar-refractivity contribution in [1.82, 2.24) is 4.90 Å². The molecule has 2 fully saturated rings. The maximum absolute atomic E-state index is 11.3. The molecule has 22 heavy (non-hydrogen) atoms. The lowest BCUT2D eigenvalue weighted by molar-refractivity contribution is -0.385. The quantitative estimate of drug-likeness (QED) is 0.619. The lowest BCUT2D eigenvalue weighted by Crippen LogP contribution is -2.36. The summed E-state index contributed by atoms with van der Waals surface area (Å²) < 4.78 is 0. The van der Waals surface area contributed by atoms with E-state index < -0.39 is 10.8 Å². The number of nitro groups is 1. The van der Waals surface area contributed by atoms with Crippen LogP contribution in [0.4, 0.5) is 5.69 Å². The lowest BCUT2D eigenvalue weighted by Gasteiger charge is -2.29. The number of hydrogen-bond donors (Lipinski definition) is 1. The van der Waals surface area contributed by atoms with Crippen LogP contribution in [0.3, 0.4) is 0 Å². The van der Waals surface area contributed by atoms with Crippen LogP contribution in [0.5, 0.6) is 0 Å². The zero-order valence-corrected chi connectivity index (χ0v) is 12.7. The highest BCUT2D eigenvalue weighted by Gasteiger charge is 2.39. The van der Waals surface area contributed by atoms with E-state index in [4.69, 9.17) is 5.73 Å². The maximum atomic E-state index is 11.3. The van der Waals surface area contributed by atoms with E-state index in [0.717, 1.165) is 5.92 Å². The van der Waals surface area contributed by atoms with E-state index in [9.17, 15) is 14.9 Å². The molecule has 0 heterocycles. The van der Waals surface area contributed by atoms with Crippen LogP contribution < -0.4 is 5.73 Å². The van der Waals surface area contributed by atoms with Gasteiger partial charge in [0, 0.05) is 35.8 Å². The first-order chi connectivity index (χ1) is 10.5. The third-order valence-corrected chi connectivity index (χ3v) is 4.76. The molecule has 0 aromatic heterocycles. The molecule has 6 nitrogen and oxygen atoms in total. The Labute approximate surface area is 129 Å². The van der Waals surface area contributed by atoms with E-state index in [1.807, 2.05) is 0 Å². The largest absolute Gasteiger partial charge is 0.366 e. The zero-order valence-electron chi connectivity index (χ0n) is 12.7. The normalized spacial score (nSPS) is 19.2. The number of nitro benzene ring substituents is 1. The molecule has 1 aromatic rings. The van der Waals surface area contributed by atoms with Crippen LogP contribution in [0.15, 0.2) is 18.2 Å². The van der Waals surface area contributed by atoms with Crippen LogP contribution in [-0.2, 0) is 6.54 Å². The van der Waals surface area contributed by atoms with Gasteiger partial charge in [0.05, 0.1) is 4.92 Å². The topological polar surface area (TPSA) is 89.5 Å². The Hall–Kier alpha value is -1.95. The van der Waals surface area contributed by atoms with Crippen LogP contribution in [0.25, 0.3) is 0 Å². The molecule has 0 saturated heterocycles. The summed E-state index contributed by atoms with van der Waals surface area (Å²) in [5.74, 6) is 0.0876. The number of hydrogen-bond acceptors (Lipinski definition) is 4. The van der Waals surface area contributed by atoms with Crippen molar-refractivity contribution in [2.75, 3.05) is 0 Å². The molecule has 0 aliphatic heterocycles. The molecule has 0 spiro atoms. The first-order valence-corrected chi connectivity index (χ1v) is 7.80. The average molecular weight is 303 g/mol. The first kappa shape index (κ1) is 15.0. The van der Waals surface area contributed by atoms with Crippen molar-refractivity contribution in [3.8, 4) is 0 Å². The molecule has 1 unspecified atom stereocenters. The van der Waals surface area contributed by atoms with Gasteiger partial charge in [-0.15, -0.1) is 0 Å². The SMILES string of the molecule is CC(C1CC1)N(Cc1ccc(C(N)=O)cc1[N+](=O)[O-])C1CC1. The third-order valence-electron chi connectivity index (χ3n) is 4.76. The van der Waals surface area contributed by atoms with Crippen molar-refractivity contribution in [3.05, 3.63) is 39.4 Å². The van der Waals surface area contributed by atoms with Crippen LogP contribution >= 0.6 is 0 Å².